The fraction of sp³-hybridized carbons (Fsp3) is 0.667. The zero-order valence-electron chi connectivity index (χ0n) is 12.4. The lowest BCUT2D eigenvalue weighted by molar-refractivity contribution is 0.133. The minimum absolute atomic E-state index is 0.139. The van der Waals surface area contributed by atoms with Gasteiger partial charge in [0.15, 0.2) is 23.3 Å². The second-order valence-corrected chi connectivity index (χ2v) is 5.79. The van der Waals surface area contributed by atoms with Crippen molar-refractivity contribution in [3.8, 4) is 0 Å². The lowest BCUT2D eigenvalue weighted by Crippen LogP contribution is -2.55. The molecule has 2 aliphatic heterocycles. The van der Waals surface area contributed by atoms with Crippen LogP contribution < -0.4 is 10.2 Å². The first-order valence-corrected chi connectivity index (χ1v) is 7.78. The summed E-state index contributed by atoms with van der Waals surface area (Å²) in [4.78, 5) is 8.61. The van der Waals surface area contributed by atoms with E-state index in [9.17, 15) is 8.78 Å². The molecule has 21 heavy (non-hydrogen) atoms. The van der Waals surface area contributed by atoms with Gasteiger partial charge in [0.1, 0.15) is 0 Å². The Kier molecular flexibility index (Phi) is 4.24. The number of piperazine rings is 1. The molecule has 1 N–H and O–H groups in total. The van der Waals surface area contributed by atoms with Crippen LogP contribution in [0.15, 0.2) is 6.07 Å². The number of rotatable bonds is 3. The minimum atomic E-state index is -0.630. The molecule has 0 spiro atoms. The maximum Gasteiger partial charge on any atom is 0.168 e. The number of aromatic nitrogens is 1. The number of piperidine rings is 1. The van der Waals surface area contributed by atoms with Crippen molar-refractivity contribution < 1.29 is 8.78 Å². The Morgan fingerprint density at radius 2 is 2.10 bits per heavy atom. The van der Waals surface area contributed by atoms with Gasteiger partial charge in [-0.25, -0.2) is 13.8 Å². The molecule has 1 atom stereocenters. The van der Waals surface area contributed by atoms with Crippen LogP contribution in [0.4, 0.5) is 20.4 Å². The Labute approximate surface area is 124 Å². The highest BCUT2D eigenvalue weighted by atomic mass is 19.1. The molecule has 4 nitrogen and oxygen atoms in total. The van der Waals surface area contributed by atoms with E-state index in [1.54, 1.807) is 0 Å². The zero-order chi connectivity index (χ0) is 14.8. The topological polar surface area (TPSA) is 31.4 Å². The molecule has 1 aromatic heterocycles. The lowest BCUT2D eigenvalue weighted by Gasteiger charge is -2.44. The highest BCUT2D eigenvalue weighted by Crippen LogP contribution is 2.27. The molecule has 0 radical (unpaired) electrons. The van der Waals surface area contributed by atoms with E-state index in [0.29, 0.717) is 12.6 Å². The summed E-state index contributed by atoms with van der Waals surface area (Å²) >= 11 is 0. The second kappa shape index (κ2) is 6.13. The van der Waals surface area contributed by atoms with E-state index in [1.807, 2.05) is 11.8 Å². The number of hydrogen-bond acceptors (Lipinski definition) is 4. The van der Waals surface area contributed by atoms with Crippen LogP contribution >= 0.6 is 0 Å². The van der Waals surface area contributed by atoms with Crippen molar-refractivity contribution in [3.05, 3.63) is 17.7 Å². The molecule has 2 saturated heterocycles. The van der Waals surface area contributed by atoms with Gasteiger partial charge < -0.3 is 10.2 Å². The first-order valence-electron chi connectivity index (χ1n) is 7.78. The first-order chi connectivity index (χ1) is 10.2. The van der Waals surface area contributed by atoms with E-state index in [4.69, 9.17) is 0 Å². The molecule has 6 heteroatoms. The van der Waals surface area contributed by atoms with Gasteiger partial charge in [-0.15, -0.1) is 0 Å². The molecular weight excluding hydrogens is 274 g/mol. The second-order valence-electron chi connectivity index (χ2n) is 5.79. The summed E-state index contributed by atoms with van der Waals surface area (Å²) in [6, 6.07) is 1.41. The quantitative estimate of drug-likeness (QED) is 0.928. The van der Waals surface area contributed by atoms with Crippen molar-refractivity contribution >= 4 is 11.6 Å². The molecule has 0 bridgehead atoms. The molecular formula is C15H22F2N4. The molecule has 1 unspecified atom stereocenters. The van der Waals surface area contributed by atoms with E-state index in [2.05, 4.69) is 15.2 Å². The molecule has 0 amide bonds. The third-order valence-corrected chi connectivity index (χ3v) is 4.39. The van der Waals surface area contributed by atoms with Gasteiger partial charge in [-0.1, -0.05) is 6.42 Å². The predicted octanol–water partition coefficient (Wildman–Crippen LogP) is 2.47. The summed E-state index contributed by atoms with van der Waals surface area (Å²) in [6.07, 6.45) is 3.64. The first kappa shape index (κ1) is 14.5. The monoisotopic (exact) mass is 296 g/mol. The van der Waals surface area contributed by atoms with Crippen LogP contribution in [0, 0.1) is 11.6 Å². The Bertz CT molecular complexity index is 509. The van der Waals surface area contributed by atoms with Crippen molar-refractivity contribution in [1.82, 2.24) is 9.88 Å². The summed E-state index contributed by atoms with van der Waals surface area (Å²) in [7, 11) is 0. The van der Waals surface area contributed by atoms with Crippen molar-refractivity contribution in [2.75, 3.05) is 42.9 Å². The average molecular weight is 296 g/mol. The Morgan fingerprint density at radius 1 is 1.24 bits per heavy atom. The van der Waals surface area contributed by atoms with Crippen LogP contribution in [0.5, 0.6) is 0 Å². The van der Waals surface area contributed by atoms with Gasteiger partial charge in [0, 0.05) is 38.3 Å². The smallest absolute Gasteiger partial charge is 0.168 e. The van der Waals surface area contributed by atoms with Crippen molar-refractivity contribution in [2.45, 2.75) is 32.2 Å². The van der Waals surface area contributed by atoms with Gasteiger partial charge in [-0.05, 0) is 26.3 Å². The number of hydrogen-bond donors (Lipinski definition) is 1. The maximum absolute atomic E-state index is 14.1. The molecule has 0 aromatic carbocycles. The van der Waals surface area contributed by atoms with Crippen molar-refractivity contribution in [1.29, 1.82) is 0 Å². The van der Waals surface area contributed by atoms with Crippen LogP contribution in [0.1, 0.15) is 26.2 Å². The standard InChI is InChI=1S/C15H22F2N4/c1-2-18-14-12(16)9-13(17)15(19-14)21-8-7-20-6-4-3-5-11(20)10-21/h9,11H,2-8,10H2,1H3,(H,18,19). The largest absolute Gasteiger partial charge is 0.368 e. The molecule has 3 heterocycles. The molecule has 1 aromatic rings. The number of anilines is 2. The van der Waals surface area contributed by atoms with E-state index in [-0.39, 0.29) is 11.6 Å². The summed E-state index contributed by atoms with van der Waals surface area (Å²) in [5.41, 5.74) is 0. The SMILES string of the molecule is CCNc1nc(N2CCN3CCCCC3C2)c(F)cc1F. The van der Waals surface area contributed by atoms with Crippen LogP contribution in [-0.4, -0.2) is 48.6 Å². The third kappa shape index (κ3) is 2.95. The van der Waals surface area contributed by atoms with Gasteiger partial charge in [0.25, 0.3) is 0 Å². The number of pyridine rings is 1. The summed E-state index contributed by atoms with van der Waals surface area (Å²) in [6.45, 7) is 6.02. The molecule has 116 valence electrons. The van der Waals surface area contributed by atoms with E-state index in [1.165, 1.54) is 12.8 Å². The normalized spacial score (nSPS) is 23.0. The maximum atomic E-state index is 14.1. The zero-order valence-corrected chi connectivity index (χ0v) is 12.4. The molecule has 2 aliphatic rings. The van der Waals surface area contributed by atoms with Gasteiger partial charge in [0.2, 0.25) is 0 Å². The molecule has 0 aliphatic carbocycles. The lowest BCUT2D eigenvalue weighted by atomic mass is 9.99. The number of nitrogens with one attached hydrogen (secondary N) is 1. The van der Waals surface area contributed by atoms with Gasteiger partial charge in [0.05, 0.1) is 0 Å². The molecule has 2 fully saturated rings. The highest BCUT2D eigenvalue weighted by molar-refractivity contribution is 5.49. The summed E-state index contributed by atoms with van der Waals surface area (Å²) in [5.74, 6) is -0.787. The van der Waals surface area contributed by atoms with Crippen LogP contribution in [0.3, 0.4) is 0 Å². The molecule has 3 rings (SSSR count). The summed E-state index contributed by atoms with van der Waals surface area (Å²) in [5, 5.41) is 2.85. The highest BCUT2D eigenvalue weighted by Gasteiger charge is 2.30. The average Bonchev–Trinajstić information content (AvgIpc) is 2.49. The van der Waals surface area contributed by atoms with Gasteiger partial charge >= 0.3 is 0 Å². The van der Waals surface area contributed by atoms with E-state index < -0.39 is 11.6 Å². The fourth-order valence-corrected chi connectivity index (χ4v) is 3.32. The van der Waals surface area contributed by atoms with Gasteiger partial charge in [-0.2, -0.15) is 0 Å². The number of halogens is 2. The van der Waals surface area contributed by atoms with Crippen LogP contribution in [-0.2, 0) is 0 Å². The van der Waals surface area contributed by atoms with Crippen LogP contribution in [0.2, 0.25) is 0 Å². The molecule has 0 saturated carbocycles. The third-order valence-electron chi connectivity index (χ3n) is 4.39. The number of nitrogens with zero attached hydrogens (tertiary/aromatic N) is 3. The Balaban J connectivity index is 1.81. The van der Waals surface area contributed by atoms with Gasteiger partial charge in [-0.3, -0.25) is 4.90 Å². The summed E-state index contributed by atoms with van der Waals surface area (Å²) < 4.78 is 27.8. The van der Waals surface area contributed by atoms with Crippen LogP contribution in [0.25, 0.3) is 0 Å². The predicted molar refractivity (Wildman–Crippen MR) is 79.7 cm³/mol. The fourth-order valence-electron chi connectivity index (χ4n) is 3.32. The van der Waals surface area contributed by atoms with Crippen molar-refractivity contribution in [2.24, 2.45) is 0 Å². The Hall–Kier alpha value is -1.43. The van der Waals surface area contributed by atoms with Crippen molar-refractivity contribution in [3.63, 3.8) is 0 Å². The number of fused-ring (bicyclic) bond motifs is 1. The van der Waals surface area contributed by atoms with E-state index >= 15 is 0 Å². The van der Waals surface area contributed by atoms with E-state index in [0.717, 1.165) is 38.7 Å². The Morgan fingerprint density at radius 3 is 2.90 bits per heavy atom. The minimum Gasteiger partial charge on any atom is -0.368 e.